The number of aryl methyl sites for hydroxylation is 1. The first-order valence-electron chi connectivity index (χ1n) is 10.8. The molecule has 0 unspecified atom stereocenters. The van der Waals surface area contributed by atoms with Crippen LogP contribution in [0.3, 0.4) is 0 Å². The van der Waals surface area contributed by atoms with Crippen LogP contribution in [0.1, 0.15) is 48.3 Å². The largest absolute Gasteiger partial charge is 0.524 e. The summed E-state index contributed by atoms with van der Waals surface area (Å²) in [4.78, 5) is 46.7. The number of amides is 2. The van der Waals surface area contributed by atoms with E-state index < -0.39 is 31.7 Å². The number of aromatic nitrogens is 2. The van der Waals surface area contributed by atoms with Crippen molar-refractivity contribution in [1.29, 1.82) is 0 Å². The number of hydrogen-bond donors (Lipinski definition) is 4. The molecule has 0 aliphatic rings. The van der Waals surface area contributed by atoms with Crippen molar-refractivity contribution < 1.29 is 33.0 Å². The van der Waals surface area contributed by atoms with Crippen molar-refractivity contribution in [2.24, 2.45) is 0 Å². The molecule has 2 atom stereocenters. The molecule has 186 valence electrons. The highest BCUT2D eigenvalue weighted by Gasteiger charge is 2.24. The summed E-state index contributed by atoms with van der Waals surface area (Å²) in [6.07, 6.45) is 0.623. The maximum Gasteiger partial charge on any atom is 0.524 e. The van der Waals surface area contributed by atoms with Crippen molar-refractivity contribution in [3.63, 3.8) is 0 Å². The first-order valence-corrected chi connectivity index (χ1v) is 12.3. The molecule has 0 saturated heterocycles. The summed E-state index contributed by atoms with van der Waals surface area (Å²) in [6.45, 7) is 5.00. The molecule has 0 saturated carbocycles. The number of nitrogens with one attached hydrogen (secondary N) is 2. The van der Waals surface area contributed by atoms with Crippen LogP contribution < -0.4 is 15.2 Å². The lowest BCUT2D eigenvalue weighted by Crippen LogP contribution is -2.48. The number of phosphoric ester groups is 1. The number of carbonyl (C=O) groups excluding carboxylic acids is 2. The van der Waals surface area contributed by atoms with Crippen LogP contribution >= 0.6 is 7.82 Å². The summed E-state index contributed by atoms with van der Waals surface area (Å²) in [5.74, 6) is -0.144. The Morgan fingerprint density at radius 3 is 2.29 bits per heavy atom. The number of benzene rings is 2. The molecule has 12 heteroatoms. The van der Waals surface area contributed by atoms with Crippen LogP contribution in [0, 0.1) is 6.92 Å². The summed E-state index contributed by atoms with van der Waals surface area (Å²) in [6, 6.07) is 12.3. The lowest BCUT2D eigenvalue weighted by Gasteiger charge is -2.19. The van der Waals surface area contributed by atoms with Crippen LogP contribution in [-0.2, 0) is 27.0 Å². The molecule has 1 heterocycles. The van der Waals surface area contributed by atoms with Gasteiger partial charge in [0.2, 0.25) is 17.7 Å². The smallest absolute Gasteiger partial charge is 0.404 e. The second-order valence-corrected chi connectivity index (χ2v) is 9.29. The quantitative estimate of drug-likeness (QED) is 0.305. The average molecular weight is 502 g/mol. The Morgan fingerprint density at radius 2 is 1.69 bits per heavy atom. The molecular formula is C23H27N4O7P. The van der Waals surface area contributed by atoms with E-state index in [-0.39, 0.29) is 18.1 Å². The monoisotopic (exact) mass is 502 g/mol. The van der Waals surface area contributed by atoms with Crippen molar-refractivity contribution in [2.75, 3.05) is 0 Å². The van der Waals surface area contributed by atoms with Gasteiger partial charge in [0.05, 0.1) is 0 Å². The minimum Gasteiger partial charge on any atom is -0.404 e. The maximum absolute atomic E-state index is 12.9. The van der Waals surface area contributed by atoms with E-state index >= 15 is 0 Å². The van der Waals surface area contributed by atoms with Gasteiger partial charge in [-0.15, -0.1) is 0 Å². The van der Waals surface area contributed by atoms with Gasteiger partial charge in [-0.2, -0.15) is 4.98 Å². The second kappa shape index (κ2) is 11.3. The van der Waals surface area contributed by atoms with Crippen molar-refractivity contribution >= 4 is 19.6 Å². The first-order chi connectivity index (χ1) is 16.5. The van der Waals surface area contributed by atoms with E-state index in [4.69, 9.17) is 14.3 Å². The fraction of sp³-hybridized carbons (Fsp3) is 0.304. The SMILES string of the molecule is CC(=O)N[C@@H](Cc1ccc(OP(=O)(O)O)cc1)C(=O)N[C@@H](C)c1nc(Cc2ccc(C)cc2)no1. The summed E-state index contributed by atoms with van der Waals surface area (Å²) >= 11 is 0. The van der Waals surface area contributed by atoms with Crippen molar-refractivity contribution in [3.05, 3.63) is 76.9 Å². The fourth-order valence-electron chi connectivity index (χ4n) is 3.29. The highest BCUT2D eigenvalue weighted by atomic mass is 31.2. The molecule has 1 aromatic heterocycles. The van der Waals surface area contributed by atoms with E-state index in [0.29, 0.717) is 17.8 Å². The molecule has 3 aromatic rings. The topological polar surface area (TPSA) is 164 Å². The zero-order valence-electron chi connectivity index (χ0n) is 19.5. The zero-order chi connectivity index (χ0) is 25.6. The normalized spacial score (nSPS) is 13.1. The third kappa shape index (κ3) is 8.32. The summed E-state index contributed by atoms with van der Waals surface area (Å²) in [7, 11) is -4.67. The molecule has 0 fully saturated rings. The molecular weight excluding hydrogens is 475 g/mol. The summed E-state index contributed by atoms with van der Waals surface area (Å²) in [5.41, 5.74) is 2.82. The Labute approximate surface area is 202 Å². The van der Waals surface area contributed by atoms with Crippen LogP contribution in [0.2, 0.25) is 0 Å². The molecule has 0 radical (unpaired) electrons. The number of rotatable bonds is 10. The molecule has 11 nitrogen and oxygen atoms in total. The average Bonchev–Trinajstić information content (AvgIpc) is 3.23. The summed E-state index contributed by atoms with van der Waals surface area (Å²) < 4.78 is 20.8. The molecule has 4 N–H and O–H groups in total. The number of nitrogens with zero attached hydrogens (tertiary/aromatic N) is 2. The fourth-order valence-corrected chi connectivity index (χ4v) is 3.69. The minimum absolute atomic E-state index is 0.0194. The van der Waals surface area contributed by atoms with Crippen LogP contribution in [0.5, 0.6) is 5.75 Å². The lowest BCUT2D eigenvalue weighted by atomic mass is 10.0. The van der Waals surface area contributed by atoms with Crippen molar-refractivity contribution in [1.82, 2.24) is 20.8 Å². The van der Waals surface area contributed by atoms with Crippen molar-refractivity contribution in [3.8, 4) is 5.75 Å². The van der Waals surface area contributed by atoms with Gasteiger partial charge in [0.1, 0.15) is 17.8 Å². The Morgan fingerprint density at radius 1 is 1.06 bits per heavy atom. The molecule has 35 heavy (non-hydrogen) atoms. The Bertz CT molecular complexity index is 1210. The predicted octanol–water partition coefficient (Wildman–Crippen LogP) is 2.36. The molecule has 3 rings (SSSR count). The van der Waals surface area contributed by atoms with E-state index in [2.05, 4.69) is 25.3 Å². The van der Waals surface area contributed by atoms with E-state index in [9.17, 15) is 14.2 Å². The standard InChI is InChI=1S/C23H27N4O7P/c1-14-4-6-18(7-5-14)13-21-26-23(33-27-21)15(2)24-22(29)20(25-16(3)28)12-17-8-10-19(11-9-17)34-35(30,31)32/h4-11,15,20H,12-13H2,1-3H3,(H,24,29)(H,25,28)(H2,30,31,32)/t15-,20-/m0/s1. The number of phosphoric acid groups is 1. The molecule has 0 aliphatic heterocycles. The number of hydrogen-bond acceptors (Lipinski definition) is 7. The van der Waals surface area contributed by atoms with Crippen LogP contribution in [-0.4, -0.2) is 37.8 Å². The van der Waals surface area contributed by atoms with Gasteiger partial charge in [-0.25, -0.2) is 4.57 Å². The van der Waals surface area contributed by atoms with E-state index in [0.717, 1.165) is 11.1 Å². The Hall–Kier alpha value is -3.53. The maximum atomic E-state index is 12.9. The van der Waals surface area contributed by atoms with Gasteiger partial charge >= 0.3 is 7.82 Å². The minimum atomic E-state index is -4.67. The van der Waals surface area contributed by atoms with Crippen LogP contribution in [0.15, 0.2) is 53.1 Å². The van der Waals surface area contributed by atoms with Gasteiger partial charge in [0, 0.05) is 19.8 Å². The van der Waals surface area contributed by atoms with Gasteiger partial charge in [0.15, 0.2) is 5.82 Å². The number of carbonyl (C=O) groups is 2. The molecule has 0 spiro atoms. The third-order valence-corrected chi connectivity index (χ3v) is 5.43. The van der Waals surface area contributed by atoms with E-state index in [1.54, 1.807) is 19.1 Å². The van der Waals surface area contributed by atoms with E-state index in [1.165, 1.54) is 19.1 Å². The molecule has 0 bridgehead atoms. The Balaban J connectivity index is 1.63. The molecule has 2 amide bonds. The van der Waals surface area contributed by atoms with Gasteiger partial charge in [-0.1, -0.05) is 47.1 Å². The van der Waals surface area contributed by atoms with Gasteiger partial charge in [0.25, 0.3) is 0 Å². The zero-order valence-corrected chi connectivity index (χ0v) is 20.4. The van der Waals surface area contributed by atoms with Gasteiger partial charge < -0.3 is 19.7 Å². The highest BCUT2D eigenvalue weighted by Crippen LogP contribution is 2.37. The first kappa shape index (κ1) is 26.1. The summed E-state index contributed by atoms with van der Waals surface area (Å²) in [5, 5.41) is 9.36. The van der Waals surface area contributed by atoms with Crippen molar-refractivity contribution in [2.45, 2.75) is 45.7 Å². The second-order valence-electron chi connectivity index (χ2n) is 8.12. The van der Waals surface area contributed by atoms with Crippen LogP contribution in [0.25, 0.3) is 0 Å². The van der Waals surface area contributed by atoms with Gasteiger partial charge in [-0.05, 0) is 37.1 Å². The van der Waals surface area contributed by atoms with Crippen LogP contribution in [0.4, 0.5) is 0 Å². The predicted molar refractivity (Wildman–Crippen MR) is 125 cm³/mol. The lowest BCUT2D eigenvalue weighted by molar-refractivity contribution is -0.128. The molecule has 2 aromatic carbocycles. The highest BCUT2D eigenvalue weighted by molar-refractivity contribution is 7.46. The van der Waals surface area contributed by atoms with E-state index in [1.807, 2.05) is 31.2 Å². The third-order valence-electron chi connectivity index (χ3n) is 4.98. The Kier molecular flexibility index (Phi) is 8.39. The van der Waals surface area contributed by atoms with Gasteiger partial charge in [-0.3, -0.25) is 19.4 Å². The molecule has 0 aliphatic carbocycles.